The predicted octanol–water partition coefficient (Wildman–Crippen LogP) is 5.32. The fourth-order valence-electron chi connectivity index (χ4n) is 2.35. The molecule has 0 aliphatic heterocycles. The summed E-state index contributed by atoms with van der Waals surface area (Å²) in [5, 5.41) is 1.14. The van der Waals surface area contributed by atoms with Crippen LogP contribution in [0.1, 0.15) is 10.6 Å². The normalized spacial score (nSPS) is 11.0. The maximum atomic E-state index is 6.01. The highest BCUT2D eigenvalue weighted by molar-refractivity contribution is 7.16. The summed E-state index contributed by atoms with van der Waals surface area (Å²) in [4.78, 5) is 8.01. The van der Waals surface area contributed by atoms with Gasteiger partial charge in [-0.15, -0.1) is 22.9 Å². The van der Waals surface area contributed by atoms with Gasteiger partial charge in [-0.3, -0.25) is 4.98 Å². The molecule has 0 saturated heterocycles. The molecule has 1 aromatic carbocycles. The Morgan fingerprint density at radius 1 is 1.19 bits per heavy atom. The summed E-state index contributed by atoms with van der Waals surface area (Å²) in [7, 11) is 2.08. The van der Waals surface area contributed by atoms with E-state index in [4.69, 9.17) is 23.2 Å². The lowest BCUT2D eigenvalue weighted by atomic mass is 10.1. The average Bonchev–Trinajstić information content (AvgIpc) is 2.91. The molecule has 0 N–H and O–H groups in total. The van der Waals surface area contributed by atoms with Crippen molar-refractivity contribution in [1.82, 2.24) is 4.98 Å². The van der Waals surface area contributed by atoms with Crippen molar-refractivity contribution in [3.63, 3.8) is 0 Å². The van der Waals surface area contributed by atoms with Gasteiger partial charge in [0.2, 0.25) is 0 Å². The Hall–Kier alpha value is -1.29. The number of hydrogen-bond acceptors (Lipinski definition) is 3. The van der Waals surface area contributed by atoms with Gasteiger partial charge in [-0.25, -0.2) is 0 Å². The molecule has 2 aromatic heterocycles. The number of halogens is 2. The summed E-state index contributed by atoms with van der Waals surface area (Å²) in [6.07, 6.45) is 0. The summed E-state index contributed by atoms with van der Waals surface area (Å²) in [5.41, 5.74) is 3.00. The molecule has 0 atom stereocenters. The Morgan fingerprint density at radius 3 is 2.71 bits per heavy atom. The number of aromatic nitrogens is 1. The van der Waals surface area contributed by atoms with Crippen LogP contribution in [0.15, 0.2) is 42.5 Å². The molecule has 0 unspecified atom stereocenters. The van der Waals surface area contributed by atoms with Crippen LogP contribution >= 0.6 is 34.5 Å². The van der Waals surface area contributed by atoms with Crippen molar-refractivity contribution in [2.75, 3.05) is 11.9 Å². The lowest BCUT2D eigenvalue weighted by Gasteiger charge is -2.21. The Kier molecular flexibility index (Phi) is 4.34. The van der Waals surface area contributed by atoms with E-state index >= 15 is 0 Å². The van der Waals surface area contributed by atoms with Crippen molar-refractivity contribution in [3.05, 3.63) is 57.4 Å². The Balaban J connectivity index is 2.01. The molecule has 3 aromatic rings. The van der Waals surface area contributed by atoms with Crippen LogP contribution in [0.5, 0.6) is 0 Å². The maximum Gasteiger partial charge on any atom is 0.0931 e. The SMILES string of the molecule is CN(Cc1ccc(Cl)s1)c1cc(CCl)nc2ccccc12. The molecular weight excluding hydrogens is 323 g/mol. The molecule has 2 heterocycles. The lowest BCUT2D eigenvalue weighted by Crippen LogP contribution is -2.16. The molecule has 0 spiro atoms. The third-order valence-corrected chi connectivity index (χ3v) is 4.81. The Morgan fingerprint density at radius 2 is 2.00 bits per heavy atom. The zero-order chi connectivity index (χ0) is 14.8. The highest BCUT2D eigenvalue weighted by atomic mass is 35.5. The quantitative estimate of drug-likeness (QED) is 0.599. The van der Waals surface area contributed by atoms with Crippen LogP contribution in [0, 0.1) is 0 Å². The second kappa shape index (κ2) is 6.22. The van der Waals surface area contributed by atoms with E-state index in [1.807, 2.05) is 24.3 Å². The molecule has 0 radical (unpaired) electrons. The van der Waals surface area contributed by atoms with E-state index in [0.717, 1.165) is 33.2 Å². The summed E-state index contributed by atoms with van der Waals surface area (Å²) in [6, 6.07) is 14.2. The van der Waals surface area contributed by atoms with Crippen molar-refractivity contribution in [3.8, 4) is 0 Å². The van der Waals surface area contributed by atoms with Crippen LogP contribution in [0.3, 0.4) is 0 Å². The first-order valence-electron chi connectivity index (χ1n) is 6.57. The molecule has 108 valence electrons. The molecule has 5 heteroatoms. The third-order valence-electron chi connectivity index (χ3n) is 3.32. The van der Waals surface area contributed by atoms with Gasteiger partial charge >= 0.3 is 0 Å². The van der Waals surface area contributed by atoms with Crippen LogP contribution in [0.2, 0.25) is 4.34 Å². The number of pyridine rings is 1. The van der Waals surface area contributed by atoms with Gasteiger partial charge in [0.1, 0.15) is 0 Å². The number of hydrogen-bond donors (Lipinski definition) is 0. The first kappa shape index (κ1) is 14.6. The average molecular weight is 337 g/mol. The van der Waals surface area contributed by atoms with Gasteiger partial charge in [0.25, 0.3) is 0 Å². The van der Waals surface area contributed by atoms with Crippen LogP contribution in [-0.4, -0.2) is 12.0 Å². The molecule has 0 bridgehead atoms. The largest absolute Gasteiger partial charge is 0.369 e. The zero-order valence-electron chi connectivity index (χ0n) is 11.5. The van der Waals surface area contributed by atoms with Gasteiger partial charge in [0.05, 0.1) is 28.0 Å². The van der Waals surface area contributed by atoms with Crippen LogP contribution in [-0.2, 0) is 12.4 Å². The topological polar surface area (TPSA) is 16.1 Å². The van der Waals surface area contributed by atoms with Crippen molar-refractivity contribution >= 4 is 51.1 Å². The highest BCUT2D eigenvalue weighted by Crippen LogP contribution is 2.29. The minimum absolute atomic E-state index is 0.413. The van der Waals surface area contributed by atoms with Gasteiger partial charge < -0.3 is 4.90 Å². The van der Waals surface area contributed by atoms with Crippen molar-refractivity contribution < 1.29 is 0 Å². The number of nitrogens with zero attached hydrogens (tertiary/aromatic N) is 2. The first-order valence-corrected chi connectivity index (χ1v) is 8.30. The second-order valence-electron chi connectivity index (χ2n) is 4.85. The lowest BCUT2D eigenvalue weighted by molar-refractivity contribution is 0.942. The van der Waals surface area contributed by atoms with E-state index in [-0.39, 0.29) is 0 Å². The standard InChI is InChI=1S/C16H14Cl2N2S/c1-20(10-12-6-7-16(18)21-12)15-8-11(9-17)19-14-5-3-2-4-13(14)15/h2-8H,9-10H2,1H3. The van der Waals surface area contributed by atoms with Gasteiger partial charge in [-0.1, -0.05) is 29.8 Å². The summed E-state index contributed by atoms with van der Waals surface area (Å²) < 4.78 is 0.819. The predicted molar refractivity (Wildman–Crippen MR) is 92.7 cm³/mol. The second-order valence-corrected chi connectivity index (χ2v) is 6.91. The molecule has 0 aliphatic rings. The summed E-state index contributed by atoms with van der Waals surface area (Å²) in [5.74, 6) is 0.413. The smallest absolute Gasteiger partial charge is 0.0931 e. The molecule has 0 amide bonds. The van der Waals surface area contributed by atoms with Gasteiger partial charge in [0.15, 0.2) is 0 Å². The number of anilines is 1. The minimum atomic E-state index is 0.413. The van der Waals surface area contributed by atoms with Crippen molar-refractivity contribution in [2.24, 2.45) is 0 Å². The number of para-hydroxylation sites is 1. The highest BCUT2D eigenvalue weighted by Gasteiger charge is 2.10. The van der Waals surface area contributed by atoms with Crippen molar-refractivity contribution in [2.45, 2.75) is 12.4 Å². The Labute approximate surface area is 137 Å². The first-order chi connectivity index (χ1) is 10.2. The van der Waals surface area contributed by atoms with E-state index in [1.165, 1.54) is 4.88 Å². The number of rotatable bonds is 4. The number of alkyl halides is 1. The summed E-state index contributed by atoms with van der Waals surface area (Å²) >= 11 is 13.6. The number of benzene rings is 1. The molecule has 0 aliphatic carbocycles. The van der Waals surface area contributed by atoms with Crippen LogP contribution < -0.4 is 4.90 Å². The molecule has 21 heavy (non-hydrogen) atoms. The fraction of sp³-hybridized carbons (Fsp3) is 0.188. The number of fused-ring (bicyclic) bond motifs is 1. The summed E-state index contributed by atoms with van der Waals surface area (Å²) in [6.45, 7) is 0.813. The van der Waals surface area contributed by atoms with E-state index in [2.05, 4.69) is 35.1 Å². The van der Waals surface area contributed by atoms with E-state index < -0.39 is 0 Å². The van der Waals surface area contributed by atoms with Crippen LogP contribution in [0.4, 0.5) is 5.69 Å². The molecule has 2 nitrogen and oxygen atoms in total. The zero-order valence-corrected chi connectivity index (χ0v) is 13.8. The van der Waals surface area contributed by atoms with Gasteiger partial charge in [-0.05, 0) is 24.3 Å². The fourth-order valence-corrected chi connectivity index (χ4v) is 3.63. The van der Waals surface area contributed by atoms with Gasteiger partial charge in [0, 0.05) is 23.0 Å². The molecule has 0 fully saturated rings. The minimum Gasteiger partial charge on any atom is -0.369 e. The van der Waals surface area contributed by atoms with Crippen LogP contribution in [0.25, 0.3) is 10.9 Å². The van der Waals surface area contributed by atoms with Gasteiger partial charge in [-0.2, -0.15) is 0 Å². The monoisotopic (exact) mass is 336 g/mol. The molecule has 0 saturated carbocycles. The van der Waals surface area contributed by atoms with E-state index in [1.54, 1.807) is 11.3 Å². The van der Waals surface area contributed by atoms with E-state index in [0.29, 0.717) is 5.88 Å². The van der Waals surface area contributed by atoms with E-state index in [9.17, 15) is 0 Å². The van der Waals surface area contributed by atoms with Crippen molar-refractivity contribution in [1.29, 1.82) is 0 Å². The molecular formula is C16H14Cl2N2S. The number of thiophene rings is 1. The maximum absolute atomic E-state index is 6.01. The molecule has 3 rings (SSSR count). The Bertz CT molecular complexity index is 770. The third kappa shape index (κ3) is 3.15.